The molecule has 1 aromatic heterocycles. The molecule has 2 N–H and O–H groups in total. The van der Waals surface area contributed by atoms with Crippen LogP contribution in [0.1, 0.15) is 42.5 Å². The van der Waals surface area contributed by atoms with Crippen molar-refractivity contribution in [3.8, 4) is 0 Å². The lowest BCUT2D eigenvalue weighted by Gasteiger charge is -2.27. The number of anilines is 2. The molecule has 29 heavy (non-hydrogen) atoms. The van der Waals surface area contributed by atoms with E-state index >= 15 is 0 Å². The zero-order valence-corrected chi connectivity index (χ0v) is 16.1. The van der Waals surface area contributed by atoms with Crippen molar-refractivity contribution in [3.05, 3.63) is 53.7 Å². The van der Waals surface area contributed by atoms with Gasteiger partial charge in [0.15, 0.2) is 0 Å². The summed E-state index contributed by atoms with van der Waals surface area (Å²) in [7, 11) is 0. The highest BCUT2D eigenvalue weighted by molar-refractivity contribution is 5.94. The predicted molar refractivity (Wildman–Crippen MR) is 107 cm³/mol. The second kappa shape index (κ2) is 9.95. The van der Waals surface area contributed by atoms with Gasteiger partial charge >= 0.3 is 0 Å². The molecular formula is C21H24F2N4O2. The first-order chi connectivity index (χ1) is 14.0. The zero-order valence-electron chi connectivity index (χ0n) is 16.1. The minimum absolute atomic E-state index is 0.195. The number of pyridine rings is 1. The summed E-state index contributed by atoms with van der Waals surface area (Å²) < 4.78 is 26.4. The number of benzene rings is 1. The number of amides is 2. The molecule has 2 heterocycles. The van der Waals surface area contributed by atoms with Gasteiger partial charge in [0.1, 0.15) is 17.5 Å². The van der Waals surface area contributed by atoms with Crippen LogP contribution in [-0.4, -0.2) is 36.4 Å². The van der Waals surface area contributed by atoms with Gasteiger partial charge in [-0.05, 0) is 49.9 Å². The number of nitrogens with one attached hydrogen (secondary N) is 2. The molecule has 1 aliphatic rings. The van der Waals surface area contributed by atoms with Crippen LogP contribution in [0, 0.1) is 11.6 Å². The molecule has 0 aliphatic carbocycles. The first kappa shape index (κ1) is 20.7. The molecule has 2 aromatic rings. The van der Waals surface area contributed by atoms with Gasteiger partial charge in [-0.1, -0.05) is 0 Å². The number of piperidine rings is 1. The van der Waals surface area contributed by atoms with Crippen molar-refractivity contribution in [3.63, 3.8) is 0 Å². The molecule has 3 rings (SSSR count). The summed E-state index contributed by atoms with van der Waals surface area (Å²) in [6.45, 7) is 2.22. The van der Waals surface area contributed by atoms with Crippen molar-refractivity contribution >= 4 is 23.3 Å². The van der Waals surface area contributed by atoms with Crippen molar-refractivity contribution in [2.24, 2.45) is 0 Å². The van der Waals surface area contributed by atoms with Crippen LogP contribution in [0.3, 0.4) is 0 Å². The fourth-order valence-electron chi connectivity index (χ4n) is 3.21. The Labute approximate surface area is 168 Å². The van der Waals surface area contributed by atoms with Gasteiger partial charge in [-0.3, -0.25) is 9.59 Å². The third-order valence-corrected chi connectivity index (χ3v) is 4.75. The maximum absolute atomic E-state index is 13.6. The summed E-state index contributed by atoms with van der Waals surface area (Å²) >= 11 is 0. The molecule has 6 nitrogen and oxygen atoms in total. The average Bonchev–Trinajstić information content (AvgIpc) is 2.72. The fourth-order valence-corrected chi connectivity index (χ4v) is 3.21. The highest BCUT2D eigenvalue weighted by atomic mass is 19.1. The lowest BCUT2D eigenvalue weighted by molar-refractivity contribution is -0.116. The summed E-state index contributed by atoms with van der Waals surface area (Å²) in [5, 5.41) is 5.30. The van der Waals surface area contributed by atoms with Crippen molar-refractivity contribution in [1.82, 2.24) is 10.3 Å². The standard InChI is InChI=1S/C21H24F2N4O2/c22-15-6-8-17(18(23)13-15)21(29)24-10-4-5-20(28)26-16-7-9-19(25-14-16)27-11-2-1-3-12-27/h6-9,13-14H,1-5,10-12H2,(H,24,29)(H,26,28). The van der Waals surface area contributed by atoms with E-state index in [0.717, 1.165) is 31.0 Å². The topological polar surface area (TPSA) is 74.3 Å². The predicted octanol–water partition coefficient (Wildman–Crippen LogP) is 3.50. The Morgan fingerprint density at radius 1 is 1.07 bits per heavy atom. The van der Waals surface area contributed by atoms with E-state index < -0.39 is 17.5 Å². The third-order valence-electron chi connectivity index (χ3n) is 4.75. The second-order valence-electron chi connectivity index (χ2n) is 6.98. The first-order valence-electron chi connectivity index (χ1n) is 9.77. The molecule has 1 aliphatic heterocycles. The molecule has 2 amide bonds. The van der Waals surface area contributed by atoms with Gasteiger partial charge in [0, 0.05) is 32.1 Å². The quantitative estimate of drug-likeness (QED) is 0.696. The molecule has 8 heteroatoms. The van der Waals surface area contributed by atoms with Crippen molar-refractivity contribution in [2.45, 2.75) is 32.1 Å². The average molecular weight is 402 g/mol. The molecule has 0 spiro atoms. The van der Waals surface area contributed by atoms with E-state index in [2.05, 4.69) is 20.5 Å². The van der Waals surface area contributed by atoms with Gasteiger partial charge in [-0.25, -0.2) is 13.8 Å². The van der Waals surface area contributed by atoms with Crippen LogP contribution < -0.4 is 15.5 Å². The Bertz CT molecular complexity index is 852. The Morgan fingerprint density at radius 2 is 1.86 bits per heavy atom. The van der Waals surface area contributed by atoms with E-state index in [1.807, 2.05) is 12.1 Å². The third kappa shape index (κ3) is 5.97. The molecule has 0 atom stereocenters. The highest BCUT2D eigenvalue weighted by Crippen LogP contribution is 2.19. The highest BCUT2D eigenvalue weighted by Gasteiger charge is 2.13. The lowest BCUT2D eigenvalue weighted by Crippen LogP contribution is -2.30. The number of carbonyl (C=O) groups is 2. The molecule has 1 saturated heterocycles. The smallest absolute Gasteiger partial charge is 0.254 e. The maximum Gasteiger partial charge on any atom is 0.254 e. The Balaban J connectivity index is 1.39. The summed E-state index contributed by atoms with van der Waals surface area (Å²) in [5.41, 5.74) is 0.392. The first-order valence-corrected chi connectivity index (χ1v) is 9.77. The molecule has 154 valence electrons. The minimum atomic E-state index is -0.916. The number of halogens is 2. The molecule has 1 aromatic carbocycles. The van der Waals surface area contributed by atoms with Gasteiger partial charge in [0.25, 0.3) is 5.91 Å². The van der Waals surface area contributed by atoms with E-state index in [1.165, 1.54) is 19.3 Å². The van der Waals surface area contributed by atoms with Crippen LogP contribution in [-0.2, 0) is 4.79 Å². The Morgan fingerprint density at radius 3 is 2.55 bits per heavy atom. The van der Waals surface area contributed by atoms with Gasteiger partial charge in [-0.15, -0.1) is 0 Å². The second-order valence-corrected chi connectivity index (χ2v) is 6.98. The molecule has 1 fully saturated rings. The van der Waals surface area contributed by atoms with Crippen LogP contribution in [0.25, 0.3) is 0 Å². The zero-order chi connectivity index (χ0) is 20.6. The lowest BCUT2D eigenvalue weighted by atomic mass is 10.1. The summed E-state index contributed by atoms with van der Waals surface area (Å²) in [4.78, 5) is 30.6. The number of carbonyl (C=O) groups excluding carboxylic acids is 2. The fraction of sp³-hybridized carbons (Fsp3) is 0.381. The van der Waals surface area contributed by atoms with Crippen molar-refractivity contribution < 1.29 is 18.4 Å². The van der Waals surface area contributed by atoms with E-state index in [-0.39, 0.29) is 24.4 Å². The van der Waals surface area contributed by atoms with Crippen LogP contribution in [0.4, 0.5) is 20.3 Å². The van der Waals surface area contributed by atoms with Crippen LogP contribution in [0.2, 0.25) is 0 Å². The largest absolute Gasteiger partial charge is 0.357 e. The number of hydrogen-bond donors (Lipinski definition) is 2. The Hall–Kier alpha value is -3.03. The monoisotopic (exact) mass is 402 g/mol. The minimum Gasteiger partial charge on any atom is -0.357 e. The van der Waals surface area contributed by atoms with Crippen LogP contribution >= 0.6 is 0 Å². The van der Waals surface area contributed by atoms with Gasteiger partial charge in [-0.2, -0.15) is 0 Å². The van der Waals surface area contributed by atoms with E-state index in [9.17, 15) is 18.4 Å². The molecule has 0 saturated carbocycles. The van der Waals surface area contributed by atoms with Gasteiger partial charge in [0.05, 0.1) is 17.4 Å². The number of hydrogen-bond acceptors (Lipinski definition) is 4. The van der Waals surface area contributed by atoms with Gasteiger partial charge in [0.2, 0.25) is 5.91 Å². The van der Waals surface area contributed by atoms with E-state index in [1.54, 1.807) is 6.20 Å². The number of nitrogens with zero attached hydrogens (tertiary/aromatic N) is 2. The van der Waals surface area contributed by atoms with Crippen molar-refractivity contribution in [1.29, 1.82) is 0 Å². The summed E-state index contributed by atoms with van der Waals surface area (Å²) in [6, 6.07) is 6.50. The molecule has 0 bridgehead atoms. The molecule has 0 unspecified atom stereocenters. The Kier molecular flexibility index (Phi) is 7.10. The summed E-state index contributed by atoms with van der Waals surface area (Å²) in [6.07, 6.45) is 5.82. The normalized spacial score (nSPS) is 13.8. The van der Waals surface area contributed by atoms with E-state index in [4.69, 9.17) is 0 Å². The maximum atomic E-state index is 13.6. The molecule has 0 radical (unpaired) electrons. The van der Waals surface area contributed by atoms with Crippen molar-refractivity contribution in [2.75, 3.05) is 29.9 Å². The van der Waals surface area contributed by atoms with E-state index in [0.29, 0.717) is 18.2 Å². The SMILES string of the molecule is O=C(CCCNC(=O)c1ccc(F)cc1F)Nc1ccc(N2CCCCC2)nc1. The van der Waals surface area contributed by atoms with Crippen LogP contribution in [0.15, 0.2) is 36.5 Å². The number of rotatable bonds is 7. The van der Waals surface area contributed by atoms with Gasteiger partial charge < -0.3 is 15.5 Å². The number of aromatic nitrogens is 1. The van der Waals surface area contributed by atoms with Crippen LogP contribution in [0.5, 0.6) is 0 Å². The molecular weight excluding hydrogens is 378 g/mol. The summed E-state index contributed by atoms with van der Waals surface area (Å²) in [5.74, 6) is -1.58.